The molecule has 1 aliphatic carbocycles. The average molecular weight is 392 g/mol. The largest absolute Gasteiger partial charge is 0.490 e. The van der Waals surface area contributed by atoms with Gasteiger partial charge in [0.15, 0.2) is 0 Å². The normalized spacial score (nSPS) is 16.2. The minimum atomic E-state index is -3.81. The van der Waals surface area contributed by atoms with Crippen molar-refractivity contribution in [2.24, 2.45) is 0 Å². The summed E-state index contributed by atoms with van der Waals surface area (Å²) in [4.78, 5) is 12.2. The highest BCUT2D eigenvalue weighted by atomic mass is 32.2. The van der Waals surface area contributed by atoms with E-state index in [4.69, 9.17) is 9.15 Å². The highest BCUT2D eigenvalue weighted by molar-refractivity contribution is 7.89. The zero-order valence-corrected chi connectivity index (χ0v) is 16.0. The number of nitrogens with one attached hydrogen (secondary N) is 2. The first-order valence-electron chi connectivity index (χ1n) is 9.03. The van der Waals surface area contributed by atoms with Crippen LogP contribution in [0.25, 0.3) is 0 Å². The van der Waals surface area contributed by atoms with E-state index in [1.807, 2.05) is 0 Å². The first-order chi connectivity index (χ1) is 12.9. The molecule has 1 amide bonds. The van der Waals surface area contributed by atoms with E-state index in [2.05, 4.69) is 10.0 Å². The Morgan fingerprint density at radius 2 is 1.93 bits per heavy atom. The highest BCUT2D eigenvalue weighted by Crippen LogP contribution is 2.25. The number of rotatable bonds is 8. The number of amides is 1. The first-order valence-corrected chi connectivity index (χ1v) is 10.5. The van der Waals surface area contributed by atoms with Gasteiger partial charge in [-0.05, 0) is 69.0 Å². The van der Waals surface area contributed by atoms with Crippen molar-refractivity contribution in [3.63, 3.8) is 0 Å². The second-order valence-corrected chi connectivity index (χ2v) is 8.35. The fourth-order valence-electron chi connectivity index (χ4n) is 2.99. The summed E-state index contributed by atoms with van der Waals surface area (Å²) in [5.74, 6) is 0.817. The van der Waals surface area contributed by atoms with Crippen LogP contribution in [0.1, 0.15) is 38.4 Å². The number of furan rings is 1. The summed E-state index contributed by atoms with van der Waals surface area (Å²) in [6.07, 6.45) is 6.12. The molecule has 3 rings (SSSR count). The van der Waals surface area contributed by atoms with Crippen molar-refractivity contribution in [1.29, 1.82) is 0 Å². The first kappa shape index (κ1) is 19.4. The van der Waals surface area contributed by atoms with Crippen LogP contribution in [-0.4, -0.2) is 26.5 Å². The monoisotopic (exact) mass is 392 g/mol. The number of hydrogen-bond donors (Lipinski definition) is 2. The fraction of sp³-hybridized carbons (Fsp3) is 0.421. The lowest BCUT2D eigenvalue weighted by atomic mass is 10.3. The second kappa shape index (κ2) is 8.58. The van der Waals surface area contributed by atoms with Gasteiger partial charge in [-0.15, -0.1) is 0 Å². The zero-order valence-electron chi connectivity index (χ0n) is 15.2. The summed E-state index contributed by atoms with van der Waals surface area (Å²) in [5.41, 5.74) is 0. The lowest BCUT2D eigenvalue weighted by Crippen LogP contribution is -2.44. The molecule has 0 aliphatic heterocycles. The number of hydrogen-bond acceptors (Lipinski definition) is 5. The van der Waals surface area contributed by atoms with Crippen molar-refractivity contribution >= 4 is 15.9 Å². The molecule has 1 aromatic carbocycles. The highest BCUT2D eigenvalue weighted by Gasteiger charge is 2.22. The number of carbonyl (C=O) groups excluding carboxylic acids is 1. The number of ether oxygens (including phenoxy) is 1. The molecule has 1 saturated carbocycles. The third kappa shape index (κ3) is 5.33. The minimum Gasteiger partial charge on any atom is -0.490 e. The van der Waals surface area contributed by atoms with Crippen LogP contribution in [0.2, 0.25) is 0 Å². The Hall–Kier alpha value is -2.32. The van der Waals surface area contributed by atoms with E-state index in [1.165, 1.54) is 38.2 Å². The molecule has 1 aliphatic rings. The molecule has 0 unspecified atom stereocenters. The van der Waals surface area contributed by atoms with Crippen LogP contribution in [-0.2, 0) is 21.4 Å². The van der Waals surface area contributed by atoms with Gasteiger partial charge >= 0.3 is 0 Å². The molecule has 146 valence electrons. The Balaban J connectivity index is 1.55. The molecule has 7 nitrogen and oxygen atoms in total. The summed E-state index contributed by atoms with van der Waals surface area (Å²) >= 11 is 0. The molecule has 1 fully saturated rings. The van der Waals surface area contributed by atoms with Crippen molar-refractivity contribution in [3.8, 4) is 5.75 Å². The third-order valence-corrected chi connectivity index (χ3v) is 6.04. The van der Waals surface area contributed by atoms with Gasteiger partial charge in [-0.1, -0.05) is 0 Å². The van der Waals surface area contributed by atoms with Crippen LogP contribution in [0, 0.1) is 0 Å². The van der Waals surface area contributed by atoms with Gasteiger partial charge in [-0.3, -0.25) is 4.79 Å². The average Bonchev–Trinajstić information content (AvgIpc) is 3.33. The molecule has 0 bridgehead atoms. The van der Waals surface area contributed by atoms with Crippen LogP contribution in [0.5, 0.6) is 5.75 Å². The maximum Gasteiger partial charge on any atom is 0.241 e. The van der Waals surface area contributed by atoms with E-state index in [0.717, 1.165) is 12.8 Å². The van der Waals surface area contributed by atoms with Crippen LogP contribution in [0.4, 0.5) is 0 Å². The third-order valence-electron chi connectivity index (χ3n) is 4.48. The standard InChI is InChI=1S/C19H24N2O5S/c1-14(19(22)20-13-17-7-4-12-25-17)21-27(23,24)18-10-8-16(9-11-18)26-15-5-2-3-6-15/h4,7-12,14-15,21H,2-3,5-6,13H2,1H3,(H,20,22)/t14-/m1/s1. The molecule has 2 N–H and O–H groups in total. The second-order valence-electron chi connectivity index (χ2n) is 6.64. The lowest BCUT2D eigenvalue weighted by molar-refractivity contribution is -0.122. The topological polar surface area (TPSA) is 97.6 Å². The summed E-state index contributed by atoms with van der Waals surface area (Å²) in [6.45, 7) is 1.69. The van der Waals surface area contributed by atoms with E-state index in [9.17, 15) is 13.2 Å². The van der Waals surface area contributed by atoms with Crippen LogP contribution in [0.3, 0.4) is 0 Å². The Kier molecular flexibility index (Phi) is 6.18. The molecule has 2 aromatic rings. The number of sulfonamides is 1. The molecule has 0 spiro atoms. The minimum absolute atomic E-state index is 0.0898. The van der Waals surface area contributed by atoms with Crippen LogP contribution in [0.15, 0.2) is 52.0 Å². The van der Waals surface area contributed by atoms with Crippen molar-refractivity contribution < 1.29 is 22.4 Å². The number of benzene rings is 1. The predicted molar refractivity (Wildman–Crippen MR) is 99.7 cm³/mol. The molecule has 1 atom stereocenters. The maximum absolute atomic E-state index is 12.5. The van der Waals surface area contributed by atoms with Crippen molar-refractivity contribution in [2.75, 3.05) is 0 Å². The smallest absolute Gasteiger partial charge is 0.241 e. The van der Waals surface area contributed by atoms with Crippen LogP contribution < -0.4 is 14.8 Å². The van der Waals surface area contributed by atoms with E-state index >= 15 is 0 Å². The van der Waals surface area contributed by atoms with Gasteiger partial charge in [0.25, 0.3) is 0 Å². The summed E-state index contributed by atoms with van der Waals surface area (Å²) in [7, 11) is -3.81. The molecule has 8 heteroatoms. The predicted octanol–water partition coefficient (Wildman–Crippen LogP) is 2.58. The zero-order chi connectivity index (χ0) is 19.3. The van der Waals surface area contributed by atoms with E-state index < -0.39 is 22.0 Å². The summed E-state index contributed by atoms with van der Waals surface area (Å²) in [5, 5.41) is 2.63. The SMILES string of the molecule is C[C@@H](NS(=O)(=O)c1ccc(OC2CCCC2)cc1)C(=O)NCc1ccco1. The van der Waals surface area contributed by atoms with Gasteiger partial charge in [0.05, 0.1) is 29.8 Å². The Bertz CT molecular complexity index is 841. The van der Waals surface area contributed by atoms with E-state index in [1.54, 1.807) is 24.3 Å². The quantitative estimate of drug-likeness (QED) is 0.720. The van der Waals surface area contributed by atoms with Crippen molar-refractivity contribution in [2.45, 2.75) is 56.2 Å². The molecular weight excluding hydrogens is 368 g/mol. The molecule has 27 heavy (non-hydrogen) atoms. The molecular formula is C19H24N2O5S. The fourth-order valence-corrected chi connectivity index (χ4v) is 4.19. The van der Waals surface area contributed by atoms with Gasteiger partial charge in [-0.2, -0.15) is 4.72 Å². The van der Waals surface area contributed by atoms with Crippen molar-refractivity contribution in [3.05, 3.63) is 48.4 Å². The Labute approximate surface area is 159 Å². The Morgan fingerprint density at radius 3 is 2.56 bits per heavy atom. The van der Waals surface area contributed by atoms with Gasteiger partial charge in [0, 0.05) is 0 Å². The molecule has 1 heterocycles. The van der Waals surface area contributed by atoms with Crippen molar-refractivity contribution in [1.82, 2.24) is 10.0 Å². The Morgan fingerprint density at radius 1 is 1.22 bits per heavy atom. The van der Waals surface area contributed by atoms with Gasteiger partial charge < -0.3 is 14.5 Å². The van der Waals surface area contributed by atoms with Crippen LogP contribution >= 0.6 is 0 Å². The lowest BCUT2D eigenvalue weighted by Gasteiger charge is -2.15. The molecule has 0 radical (unpaired) electrons. The molecule has 0 saturated heterocycles. The van der Waals surface area contributed by atoms with Gasteiger partial charge in [0.1, 0.15) is 11.5 Å². The summed E-state index contributed by atoms with van der Waals surface area (Å²) < 4.78 is 38.3. The van der Waals surface area contributed by atoms with Gasteiger partial charge in [0.2, 0.25) is 15.9 Å². The maximum atomic E-state index is 12.5. The van der Waals surface area contributed by atoms with E-state index in [0.29, 0.717) is 11.5 Å². The van der Waals surface area contributed by atoms with E-state index in [-0.39, 0.29) is 17.5 Å². The molecule has 1 aromatic heterocycles. The summed E-state index contributed by atoms with van der Waals surface area (Å²) in [6, 6.07) is 8.79. The number of carbonyl (C=O) groups is 1. The van der Waals surface area contributed by atoms with Gasteiger partial charge in [-0.25, -0.2) is 8.42 Å².